The Morgan fingerprint density at radius 2 is 1.70 bits per heavy atom. The molecule has 0 aliphatic heterocycles. The summed E-state index contributed by atoms with van der Waals surface area (Å²) in [6, 6.07) is 5.39. The number of hydrogen-bond donors (Lipinski definition) is 1. The van der Waals surface area contributed by atoms with E-state index in [2.05, 4.69) is 13.8 Å². The van der Waals surface area contributed by atoms with Crippen LogP contribution in [0.5, 0.6) is 11.5 Å². The van der Waals surface area contributed by atoms with E-state index in [0.29, 0.717) is 17.4 Å². The van der Waals surface area contributed by atoms with Crippen LogP contribution in [-0.2, 0) is 4.74 Å². The Hall–Kier alpha value is -1.26. The van der Waals surface area contributed by atoms with Gasteiger partial charge >= 0.3 is 0 Å². The third-order valence-electron chi connectivity index (χ3n) is 3.13. The van der Waals surface area contributed by atoms with Crippen molar-refractivity contribution in [2.75, 3.05) is 20.8 Å². The molecule has 2 atom stereocenters. The van der Waals surface area contributed by atoms with Crippen molar-refractivity contribution in [2.24, 2.45) is 5.92 Å². The lowest BCUT2D eigenvalue weighted by Crippen LogP contribution is -2.16. The number of rotatable bonds is 8. The molecule has 0 aliphatic rings. The van der Waals surface area contributed by atoms with E-state index in [1.807, 2.05) is 13.0 Å². The first kappa shape index (κ1) is 16.8. The predicted molar refractivity (Wildman–Crippen MR) is 79.4 cm³/mol. The summed E-state index contributed by atoms with van der Waals surface area (Å²) in [6.07, 6.45) is 0.466. The highest BCUT2D eigenvalue weighted by atomic mass is 16.5. The van der Waals surface area contributed by atoms with Crippen molar-refractivity contribution in [3.63, 3.8) is 0 Å². The summed E-state index contributed by atoms with van der Waals surface area (Å²) in [5.41, 5.74) is 0.763. The summed E-state index contributed by atoms with van der Waals surface area (Å²) in [4.78, 5) is 0. The first-order valence-corrected chi connectivity index (χ1v) is 6.99. The van der Waals surface area contributed by atoms with Crippen molar-refractivity contribution < 1.29 is 19.3 Å². The van der Waals surface area contributed by atoms with Gasteiger partial charge in [0.05, 0.1) is 26.9 Å². The molecule has 1 N–H and O–H groups in total. The second-order valence-electron chi connectivity index (χ2n) is 5.40. The van der Waals surface area contributed by atoms with Gasteiger partial charge in [-0.05, 0) is 37.0 Å². The zero-order chi connectivity index (χ0) is 15.1. The Labute approximate surface area is 121 Å². The summed E-state index contributed by atoms with van der Waals surface area (Å²) in [5.74, 6) is 1.85. The maximum atomic E-state index is 10.2. The van der Waals surface area contributed by atoms with Gasteiger partial charge in [0.25, 0.3) is 0 Å². The largest absolute Gasteiger partial charge is 0.493 e. The van der Waals surface area contributed by atoms with Crippen LogP contribution >= 0.6 is 0 Å². The highest BCUT2D eigenvalue weighted by Gasteiger charge is 2.14. The lowest BCUT2D eigenvalue weighted by Gasteiger charge is -2.19. The molecule has 0 aliphatic carbocycles. The molecule has 1 aromatic carbocycles. The Bertz CT molecular complexity index is 403. The number of aliphatic hydroxyl groups is 1. The minimum absolute atomic E-state index is 0.143. The maximum Gasteiger partial charge on any atom is 0.161 e. The Morgan fingerprint density at radius 1 is 1.05 bits per heavy atom. The molecule has 2 unspecified atom stereocenters. The van der Waals surface area contributed by atoms with E-state index < -0.39 is 6.10 Å². The second-order valence-corrected chi connectivity index (χ2v) is 5.40. The number of benzene rings is 1. The van der Waals surface area contributed by atoms with Crippen LogP contribution in [0.25, 0.3) is 0 Å². The van der Waals surface area contributed by atoms with Crippen molar-refractivity contribution in [2.45, 2.75) is 39.4 Å². The van der Waals surface area contributed by atoms with Gasteiger partial charge in [-0.15, -0.1) is 0 Å². The Morgan fingerprint density at radius 3 is 2.25 bits per heavy atom. The smallest absolute Gasteiger partial charge is 0.161 e. The van der Waals surface area contributed by atoms with Gasteiger partial charge in [-0.3, -0.25) is 0 Å². The highest BCUT2D eigenvalue weighted by molar-refractivity contribution is 5.43. The van der Waals surface area contributed by atoms with Crippen LogP contribution in [0.3, 0.4) is 0 Å². The van der Waals surface area contributed by atoms with Gasteiger partial charge < -0.3 is 19.3 Å². The summed E-state index contributed by atoms with van der Waals surface area (Å²) in [6.45, 7) is 6.62. The third kappa shape index (κ3) is 5.02. The lowest BCUT2D eigenvalue weighted by molar-refractivity contribution is -0.0101. The molecule has 4 nitrogen and oxygen atoms in total. The minimum atomic E-state index is -0.663. The van der Waals surface area contributed by atoms with Gasteiger partial charge in [0.2, 0.25) is 0 Å². The molecule has 0 spiro atoms. The van der Waals surface area contributed by atoms with Crippen molar-refractivity contribution in [1.29, 1.82) is 0 Å². The molecule has 0 heterocycles. The van der Waals surface area contributed by atoms with Crippen LogP contribution in [0.4, 0.5) is 0 Å². The quantitative estimate of drug-likeness (QED) is 0.795. The summed E-state index contributed by atoms with van der Waals surface area (Å²) >= 11 is 0. The van der Waals surface area contributed by atoms with E-state index in [4.69, 9.17) is 14.2 Å². The van der Waals surface area contributed by atoms with E-state index in [0.717, 1.165) is 12.0 Å². The fourth-order valence-corrected chi connectivity index (χ4v) is 2.14. The standard InChI is InChI=1S/C16H26O4/c1-11(2)8-12(3)20-10-14(17)13-6-7-15(18-4)16(9-13)19-5/h6-7,9,11-12,14,17H,8,10H2,1-5H3. The molecule has 1 rings (SSSR count). The molecule has 4 heteroatoms. The van der Waals surface area contributed by atoms with E-state index in [-0.39, 0.29) is 12.7 Å². The van der Waals surface area contributed by atoms with Gasteiger partial charge in [0, 0.05) is 0 Å². The van der Waals surface area contributed by atoms with Crippen LogP contribution in [0.2, 0.25) is 0 Å². The number of hydrogen-bond acceptors (Lipinski definition) is 4. The van der Waals surface area contributed by atoms with Gasteiger partial charge in [0.15, 0.2) is 11.5 Å². The van der Waals surface area contributed by atoms with Crippen LogP contribution in [0.15, 0.2) is 18.2 Å². The lowest BCUT2D eigenvalue weighted by atomic mass is 10.1. The van der Waals surface area contributed by atoms with Gasteiger partial charge in [0.1, 0.15) is 6.10 Å². The number of methoxy groups -OCH3 is 2. The molecule has 1 aromatic rings. The maximum absolute atomic E-state index is 10.2. The minimum Gasteiger partial charge on any atom is -0.493 e. The van der Waals surface area contributed by atoms with Crippen molar-refractivity contribution in [3.05, 3.63) is 23.8 Å². The predicted octanol–water partition coefficient (Wildman–Crippen LogP) is 3.19. The van der Waals surface area contributed by atoms with E-state index in [1.54, 1.807) is 26.4 Å². The normalized spacial score (nSPS) is 14.2. The molecule has 20 heavy (non-hydrogen) atoms. The average Bonchev–Trinajstić information content (AvgIpc) is 2.43. The van der Waals surface area contributed by atoms with E-state index in [9.17, 15) is 5.11 Å². The number of aliphatic hydroxyl groups excluding tert-OH is 1. The molecule has 0 bridgehead atoms. The van der Waals surface area contributed by atoms with Crippen LogP contribution in [-0.4, -0.2) is 32.0 Å². The highest BCUT2D eigenvalue weighted by Crippen LogP contribution is 2.30. The van der Waals surface area contributed by atoms with Crippen LogP contribution in [0, 0.1) is 5.92 Å². The van der Waals surface area contributed by atoms with E-state index >= 15 is 0 Å². The molecular formula is C16H26O4. The van der Waals surface area contributed by atoms with Crippen LogP contribution in [0.1, 0.15) is 38.9 Å². The first-order chi connectivity index (χ1) is 9.47. The average molecular weight is 282 g/mol. The van der Waals surface area contributed by atoms with Crippen LogP contribution < -0.4 is 9.47 Å². The van der Waals surface area contributed by atoms with Gasteiger partial charge in [-0.25, -0.2) is 0 Å². The molecule has 0 saturated heterocycles. The van der Waals surface area contributed by atoms with Crippen molar-refractivity contribution >= 4 is 0 Å². The number of ether oxygens (including phenoxy) is 3. The topological polar surface area (TPSA) is 47.9 Å². The molecular weight excluding hydrogens is 256 g/mol. The zero-order valence-electron chi connectivity index (χ0n) is 13.1. The molecule has 0 saturated carbocycles. The molecule has 0 fully saturated rings. The molecule has 114 valence electrons. The summed E-state index contributed by atoms with van der Waals surface area (Å²) in [5, 5.41) is 10.2. The molecule has 0 amide bonds. The molecule has 0 radical (unpaired) electrons. The summed E-state index contributed by atoms with van der Waals surface area (Å²) in [7, 11) is 3.17. The zero-order valence-corrected chi connectivity index (χ0v) is 13.1. The fourth-order valence-electron chi connectivity index (χ4n) is 2.14. The fraction of sp³-hybridized carbons (Fsp3) is 0.625. The monoisotopic (exact) mass is 282 g/mol. The SMILES string of the molecule is COc1ccc(C(O)COC(C)CC(C)C)cc1OC. The van der Waals surface area contributed by atoms with Gasteiger partial charge in [-0.1, -0.05) is 19.9 Å². The molecule has 0 aromatic heterocycles. The Balaban J connectivity index is 2.61. The second kappa shape index (κ2) is 8.12. The van der Waals surface area contributed by atoms with Crippen molar-refractivity contribution in [3.8, 4) is 11.5 Å². The first-order valence-electron chi connectivity index (χ1n) is 6.99. The van der Waals surface area contributed by atoms with E-state index in [1.165, 1.54) is 0 Å². The third-order valence-corrected chi connectivity index (χ3v) is 3.13. The van der Waals surface area contributed by atoms with Gasteiger partial charge in [-0.2, -0.15) is 0 Å². The van der Waals surface area contributed by atoms with Crippen molar-refractivity contribution in [1.82, 2.24) is 0 Å². The summed E-state index contributed by atoms with van der Waals surface area (Å²) < 4.78 is 16.1. The Kier molecular flexibility index (Phi) is 6.82.